The van der Waals surface area contributed by atoms with Gasteiger partial charge in [-0.05, 0) is 48.7 Å². The van der Waals surface area contributed by atoms with Gasteiger partial charge in [-0.3, -0.25) is 4.79 Å². The van der Waals surface area contributed by atoms with E-state index in [4.69, 9.17) is 0 Å². The highest BCUT2D eigenvalue weighted by molar-refractivity contribution is 7.89. The lowest BCUT2D eigenvalue weighted by molar-refractivity contribution is -0.121. The second kappa shape index (κ2) is 8.78. The summed E-state index contributed by atoms with van der Waals surface area (Å²) in [7, 11) is -2.04. The minimum atomic E-state index is -3.42. The Hall–Kier alpha value is -2.18. The molecule has 25 heavy (non-hydrogen) atoms. The standard InChI is InChI=1S/C19H24N2O3S/c1-3-15-4-6-17(7-5-15)14-21-19(22)13-10-16-8-11-18(12-9-16)25(23,24)20-2/h4-9,11-12,20H,3,10,13-14H2,1-2H3,(H,21,22). The first-order valence-electron chi connectivity index (χ1n) is 8.31. The zero-order valence-electron chi connectivity index (χ0n) is 14.6. The van der Waals surface area contributed by atoms with Gasteiger partial charge in [0, 0.05) is 13.0 Å². The smallest absolute Gasteiger partial charge is 0.240 e. The van der Waals surface area contributed by atoms with Crippen LogP contribution in [-0.4, -0.2) is 21.4 Å². The van der Waals surface area contributed by atoms with E-state index >= 15 is 0 Å². The van der Waals surface area contributed by atoms with E-state index in [1.807, 2.05) is 12.1 Å². The van der Waals surface area contributed by atoms with Gasteiger partial charge in [-0.25, -0.2) is 13.1 Å². The van der Waals surface area contributed by atoms with Crippen LogP contribution in [0.1, 0.15) is 30.0 Å². The summed E-state index contributed by atoms with van der Waals surface area (Å²) in [5.74, 6) is -0.0218. The number of hydrogen-bond donors (Lipinski definition) is 2. The van der Waals surface area contributed by atoms with Gasteiger partial charge in [0.1, 0.15) is 0 Å². The van der Waals surface area contributed by atoms with E-state index in [0.29, 0.717) is 19.4 Å². The molecule has 2 aromatic rings. The van der Waals surface area contributed by atoms with Gasteiger partial charge in [-0.1, -0.05) is 43.3 Å². The molecule has 0 bridgehead atoms. The molecule has 0 saturated heterocycles. The fraction of sp³-hybridized carbons (Fsp3) is 0.316. The maximum atomic E-state index is 12.0. The van der Waals surface area contributed by atoms with E-state index in [0.717, 1.165) is 17.5 Å². The topological polar surface area (TPSA) is 75.3 Å². The molecule has 0 aliphatic rings. The molecule has 0 aromatic heterocycles. The Morgan fingerprint density at radius 2 is 1.48 bits per heavy atom. The summed E-state index contributed by atoms with van der Waals surface area (Å²) in [6.07, 6.45) is 1.94. The largest absolute Gasteiger partial charge is 0.352 e. The molecule has 5 nitrogen and oxygen atoms in total. The van der Waals surface area contributed by atoms with E-state index < -0.39 is 10.0 Å². The second-order valence-electron chi connectivity index (χ2n) is 5.80. The van der Waals surface area contributed by atoms with Gasteiger partial charge >= 0.3 is 0 Å². The third-order valence-electron chi connectivity index (χ3n) is 4.06. The van der Waals surface area contributed by atoms with Crippen LogP contribution < -0.4 is 10.0 Å². The monoisotopic (exact) mass is 360 g/mol. The zero-order valence-corrected chi connectivity index (χ0v) is 15.4. The van der Waals surface area contributed by atoms with Crippen LogP contribution in [0.15, 0.2) is 53.4 Å². The van der Waals surface area contributed by atoms with Crippen LogP contribution >= 0.6 is 0 Å². The predicted molar refractivity (Wildman–Crippen MR) is 98.7 cm³/mol. The summed E-state index contributed by atoms with van der Waals surface area (Å²) >= 11 is 0. The van der Waals surface area contributed by atoms with E-state index in [2.05, 4.69) is 29.1 Å². The van der Waals surface area contributed by atoms with Crippen molar-refractivity contribution in [2.75, 3.05) is 7.05 Å². The highest BCUT2D eigenvalue weighted by Gasteiger charge is 2.10. The molecule has 0 unspecified atom stereocenters. The minimum Gasteiger partial charge on any atom is -0.352 e. The van der Waals surface area contributed by atoms with Crippen LogP contribution in [0.4, 0.5) is 0 Å². The number of amides is 1. The second-order valence-corrected chi connectivity index (χ2v) is 7.68. The quantitative estimate of drug-likeness (QED) is 0.759. The molecule has 1 amide bonds. The zero-order chi connectivity index (χ0) is 18.3. The molecule has 2 N–H and O–H groups in total. The number of nitrogens with one attached hydrogen (secondary N) is 2. The molecule has 0 heterocycles. The van der Waals surface area contributed by atoms with Crippen molar-refractivity contribution in [1.29, 1.82) is 0 Å². The van der Waals surface area contributed by atoms with Crippen molar-refractivity contribution in [2.24, 2.45) is 0 Å². The highest BCUT2D eigenvalue weighted by Crippen LogP contribution is 2.11. The first kappa shape index (κ1) is 19.1. The van der Waals surface area contributed by atoms with Gasteiger partial charge in [0.2, 0.25) is 15.9 Å². The molecule has 0 aliphatic carbocycles. The maximum Gasteiger partial charge on any atom is 0.240 e. The Labute approximate surface area is 149 Å². The van der Waals surface area contributed by atoms with Crippen LogP contribution in [0.5, 0.6) is 0 Å². The molecule has 2 rings (SSSR count). The van der Waals surface area contributed by atoms with Crippen molar-refractivity contribution in [3.63, 3.8) is 0 Å². The summed E-state index contributed by atoms with van der Waals surface area (Å²) in [6.45, 7) is 2.62. The first-order chi connectivity index (χ1) is 11.9. The van der Waals surface area contributed by atoms with Crippen LogP contribution in [0, 0.1) is 0 Å². The van der Waals surface area contributed by atoms with Crippen molar-refractivity contribution >= 4 is 15.9 Å². The fourth-order valence-corrected chi connectivity index (χ4v) is 3.12. The minimum absolute atomic E-state index is 0.0218. The Balaban J connectivity index is 1.81. The van der Waals surface area contributed by atoms with Crippen molar-refractivity contribution in [3.8, 4) is 0 Å². The van der Waals surface area contributed by atoms with Gasteiger partial charge in [0.25, 0.3) is 0 Å². The Morgan fingerprint density at radius 3 is 2.04 bits per heavy atom. The molecular weight excluding hydrogens is 336 g/mol. The van der Waals surface area contributed by atoms with Gasteiger partial charge < -0.3 is 5.32 Å². The van der Waals surface area contributed by atoms with Gasteiger partial charge in [-0.15, -0.1) is 0 Å². The first-order valence-corrected chi connectivity index (χ1v) is 9.80. The molecule has 2 aromatic carbocycles. The lowest BCUT2D eigenvalue weighted by Crippen LogP contribution is -2.23. The lowest BCUT2D eigenvalue weighted by Gasteiger charge is -2.07. The third-order valence-corrected chi connectivity index (χ3v) is 5.49. The lowest BCUT2D eigenvalue weighted by atomic mass is 10.1. The average molecular weight is 360 g/mol. The number of rotatable bonds is 8. The number of carbonyl (C=O) groups is 1. The SMILES string of the molecule is CCc1ccc(CNC(=O)CCc2ccc(S(=O)(=O)NC)cc2)cc1. The fourth-order valence-electron chi connectivity index (χ4n) is 2.39. The summed E-state index contributed by atoms with van der Waals surface area (Å²) in [5, 5.41) is 2.91. The normalized spacial score (nSPS) is 11.3. The Morgan fingerprint density at radius 1 is 0.920 bits per heavy atom. The Bertz CT molecular complexity index is 798. The maximum absolute atomic E-state index is 12.0. The van der Waals surface area contributed by atoms with Crippen molar-refractivity contribution in [1.82, 2.24) is 10.0 Å². The van der Waals surface area contributed by atoms with Crippen LogP contribution in [-0.2, 0) is 34.2 Å². The third kappa shape index (κ3) is 5.69. The summed E-state index contributed by atoms with van der Waals surface area (Å²) in [4.78, 5) is 12.2. The van der Waals surface area contributed by atoms with Crippen LogP contribution in [0.25, 0.3) is 0 Å². The molecule has 0 radical (unpaired) electrons. The highest BCUT2D eigenvalue weighted by atomic mass is 32.2. The molecule has 0 fully saturated rings. The number of hydrogen-bond acceptors (Lipinski definition) is 3. The van der Waals surface area contributed by atoms with E-state index in [1.165, 1.54) is 12.6 Å². The summed E-state index contributed by atoms with van der Waals surface area (Å²) in [5.41, 5.74) is 3.28. The molecule has 0 atom stereocenters. The molecule has 134 valence electrons. The van der Waals surface area contributed by atoms with Gasteiger partial charge in [0.15, 0.2) is 0 Å². The number of carbonyl (C=O) groups excluding carboxylic acids is 1. The van der Waals surface area contributed by atoms with Crippen molar-refractivity contribution in [3.05, 3.63) is 65.2 Å². The number of sulfonamides is 1. The van der Waals surface area contributed by atoms with E-state index in [9.17, 15) is 13.2 Å². The van der Waals surface area contributed by atoms with E-state index in [1.54, 1.807) is 24.3 Å². The molecule has 0 spiro atoms. The summed E-state index contributed by atoms with van der Waals surface area (Å²) in [6, 6.07) is 14.8. The average Bonchev–Trinajstić information content (AvgIpc) is 2.65. The number of aryl methyl sites for hydroxylation is 2. The molecular formula is C19H24N2O3S. The van der Waals surface area contributed by atoms with Crippen LogP contribution in [0.2, 0.25) is 0 Å². The summed E-state index contributed by atoms with van der Waals surface area (Å²) < 4.78 is 25.6. The molecule has 6 heteroatoms. The van der Waals surface area contributed by atoms with Gasteiger partial charge in [-0.2, -0.15) is 0 Å². The molecule has 0 saturated carbocycles. The molecule has 0 aliphatic heterocycles. The van der Waals surface area contributed by atoms with Gasteiger partial charge in [0.05, 0.1) is 4.90 Å². The predicted octanol–water partition coefficient (Wildman–Crippen LogP) is 2.41. The van der Waals surface area contributed by atoms with Crippen molar-refractivity contribution in [2.45, 2.75) is 37.6 Å². The van der Waals surface area contributed by atoms with Crippen molar-refractivity contribution < 1.29 is 13.2 Å². The van der Waals surface area contributed by atoms with Crippen LogP contribution in [0.3, 0.4) is 0 Å². The Kier molecular flexibility index (Phi) is 6.73. The van der Waals surface area contributed by atoms with E-state index in [-0.39, 0.29) is 10.8 Å². The number of benzene rings is 2.